The van der Waals surface area contributed by atoms with Gasteiger partial charge in [-0.25, -0.2) is 23.7 Å². The molecule has 0 aliphatic carbocycles. The molecule has 156 valence electrons. The first kappa shape index (κ1) is 19.4. The fourth-order valence-corrected chi connectivity index (χ4v) is 3.09. The van der Waals surface area contributed by atoms with Crippen molar-refractivity contribution in [2.75, 3.05) is 12.4 Å². The van der Waals surface area contributed by atoms with Crippen LogP contribution in [-0.4, -0.2) is 32.9 Å². The number of aromatic amines is 1. The molecule has 1 aromatic carbocycles. The van der Waals surface area contributed by atoms with Crippen LogP contribution in [0.2, 0.25) is 0 Å². The van der Waals surface area contributed by atoms with Crippen molar-refractivity contribution in [3.63, 3.8) is 0 Å². The number of hydrogen-bond acceptors (Lipinski definition) is 5. The molecule has 4 rings (SSSR count). The van der Waals surface area contributed by atoms with Crippen molar-refractivity contribution in [2.24, 2.45) is 0 Å². The van der Waals surface area contributed by atoms with Crippen LogP contribution in [0.15, 0.2) is 48.9 Å². The van der Waals surface area contributed by atoms with E-state index >= 15 is 0 Å². The Morgan fingerprint density at radius 2 is 1.93 bits per heavy atom. The Labute approximate surface area is 173 Å². The molecule has 0 unspecified atom stereocenters. The summed E-state index contributed by atoms with van der Waals surface area (Å²) >= 11 is 0. The molecule has 4 aromatic rings. The number of nitrogens with one attached hydrogen (secondary N) is 3. The summed E-state index contributed by atoms with van der Waals surface area (Å²) < 4.78 is 27.5. The number of hydrogen-bond donors (Lipinski definition) is 3. The van der Waals surface area contributed by atoms with Crippen LogP contribution in [0.4, 0.5) is 14.6 Å². The van der Waals surface area contributed by atoms with Crippen LogP contribution < -0.4 is 10.6 Å². The summed E-state index contributed by atoms with van der Waals surface area (Å²) in [5.41, 5.74) is 2.30. The highest BCUT2D eigenvalue weighted by Crippen LogP contribution is 2.28. The molecule has 0 aliphatic heterocycles. The molecule has 0 saturated carbocycles. The molecular formula is C21H22F2N6O. The van der Waals surface area contributed by atoms with Crippen molar-refractivity contribution in [1.29, 1.82) is 0 Å². The number of H-pyrrole nitrogens is 1. The number of amides is 1. The van der Waals surface area contributed by atoms with E-state index in [4.69, 9.17) is 0 Å². The van der Waals surface area contributed by atoms with E-state index in [0.29, 0.717) is 22.2 Å². The second-order valence-corrected chi connectivity index (χ2v) is 6.71. The molecule has 0 spiro atoms. The second kappa shape index (κ2) is 7.86. The van der Waals surface area contributed by atoms with Crippen molar-refractivity contribution in [3.8, 4) is 11.4 Å². The van der Waals surface area contributed by atoms with Gasteiger partial charge in [0, 0.05) is 33.2 Å². The van der Waals surface area contributed by atoms with E-state index in [2.05, 4.69) is 30.6 Å². The quantitative estimate of drug-likeness (QED) is 0.454. The number of carbonyl (C=O) groups is 1. The van der Waals surface area contributed by atoms with Gasteiger partial charge in [0.1, 0.15) is 11.5 Å². The number of benzene rings is 1. The fraction of sp³-hybridized carbons (Fsp3) is 0.143. The first-order valence-electron chi connectivity index (χ1n) is 9.20. The van der Waals surface area contributed by atoms with Crippen LogP contribution in [0.25, 0.3) is 22.4 Å². The lowest BCUT2D eigenvalue weighted by Gasteiger charge is -2.16. The molecule has 30 heavy (non-hydrogen) atoms. The zero-order valence-corrected chi connectivity index (χ0v) is 16.2. The van der Waals surface area contributed by atoms with E-state index in [1.54, 1.807) is 24.4 Å². The predicted molar refractivity (Wildman–Crippen MR) is 113 cm³/mol. The number of aromatic nitrogens is 4. The molecule has 0 radical (unpaired) electrons. The van der Waals surface area contributed by atoms with Gasteiger partial charge >= 0.3 is 0 Å². The van der Waals surface area contributed by atoms with Crippen molar-refractivity contribution < 1.29 is 16.4 Å². The fourth-order valence-electron chi connectivity index (χ4n) is 3.09. The summed E-state index contributed by atoms with van der Waals surface area (Å²) in [6.45, 7) is 1.82. The summed E-state index contributed by atoms with van der Waals surface area (Å²) in [5, 5.41) is 6.19. The van der Waals surface area contributed by atoms with E-state index in [1.807, 2.05) is 6.92 Å². The summed E-state index contributed by atoms with van der Waals surface area (Å²) in [5.74, 6) is -0.941. The van der Waals surface area contributed by atoms with Gasteiger partial charge in [0.05, 0.1) is 17.8 Å². The number of anilines is 1. The minimum atomic E-state index is -0.614. The molecule has 3 heterocycles. The Bertz CT molecular complexity index is 1230. The van der Waals surface area contributed by atoms with Crippen LogP contribution >= 0.6 is 0 Å². The molecule has 1 amide bonds. The average Bonchev–Trinajstić information content (AvgIpc) is 3.18. The second-order valence-electron chi connectivity index (χ2n) is 6.71. The number of pyridine rings is 1. The van der Waals surface area contributed by atoms with Gasteiger partial charge in [0.25, 0.3) is 5.91 Å². The van der Waals surface area contributed by atoms with Gasteiger partial charge in [-0.3, -0.25) is 4.79 Å². The zero-order chi connectivity index (χ0) is 21.3. The molecule has 0 saturated heterocycles. The molecule has 1 atom stereocenters. The third-order valence-corrected chi connectivity index (χ3v) is 4.73. The average molecular weight is 412 g/mol. The monoisotopic (exact) mass is 412 g/mol. The number of nitrogens with zero attached hydrogens (tertiary/aromatic N) is 3. The Morgan fingerprint density at radius 3 is 2.67 bits per heavy atom. The maximum atomic E-state index is 14.4. The third-order valence-electron chi connectivity index (χ3n) is 4.73. The molecule has 7 nitrogen and oxygen atoms in total. The largest absolute Gasteiger partial charge is 0.361 e. The van der Waals surface area contributed by atoms with Gasteiger partial charge in [0.2, 0.25) is 0 Å². The van der Waals surface area contributed by atoms with Gasteiger partial charge in [-0.05, 0) is 30.7 Å². The van der Waals surface area contributed by atoms with Crippen molar-refractivity contribution in [1.82, 2.24) is 25.3 Å². The molecular weight excluding hydrogens is 390 g/mol. The normalized spacial score (nSPS) is 12.0. The Balaban J connectivity index is 0.00000181. The maximum absolute atomic E-state index is 14.4. The lowest BCUT2D eigenvalue weighted by Crippen LogP contribution is -2.17. The molecule has 0 aliphatic rings. The molecule has 9 heteroatoms. The number of rotatable bonds is 5. The Hall–Kier alpha value is -3.88. The van der Waals surface area contributed by atoms with Crippen LogP contribution in [-0.2, 0) is 0 Å². The number of halogens is 2. The first-order valence-corrected chi connectivity index (χ1v) is 9.20. The van der Waals surface area contributed by atoms with E-state index in [9.17, 15) is 13.6 Å². The standard InChI is InChI=1S/C21H18F2N6O.2H2/c1-11(12-3-5-14(22)6-4-12)28-20-17(23)10-27-19(29-20)16-9-26-18-15(16)7-13(8-25-18)21(30)24-2;;/h3-11H,1-2H3,(H,24,30)(H,25,26)(H,27,28,29);2*1H/t11-;;/m0../s1. The number of fused-ring (bicyclic) bond motifs is 1. The van der Waals surface area contributed by atoms with Gasteiger partial charge in [0.15, 0.2) is 17.5 Å². The van der Waals surface area contributed by atoms with Crippen LogP contribution in [0, 0.1) is 11.6 Å². The third kappa shape index (κ3) is 3.69. The van der Waals surface area contributed by atoms with Gasteiger partial charge in [-0.2, -0.15) is 0 Å². The van der Waals surface area contributed by atoms with Crippen LogP contribution in [0.5, 0.6) is 0 Å². The highest BCUT2D eigenvalue weighted by atomic mass is 19.1. The van der Waals surface area contributed by atoms with Gasteiger partial charge in [-0.1, -0.05) is 12.1 Å². The lowest BCUT2D eigenvalue weighted by molar-refractivity contribution is 0.0963. The maximum Gasteiger partial charge on any atom is 0.252 e. The van der Waals surface area contributed by atoms with Crippen molar-refractivity contribution >= 4 is 22.8 Å². The predicted octanol–water partition coefficient (Wildman–Crippen LogP) is 4.32. The number of carbonyl (C=O) groups excluding carboxylic acids is 1. The minimum absolute atomic E-state index is 0. The molecule has 0 bridgehead atoms. The Morgan fingerprint density at radius 1 is 1.17 bits per heavy atom. The van der Waals surface area contributed by atoms with Crippen molar-refractivity contribution in [3.05, 3.63) is 71.7 Å². The molecule has 0 fully saturated rings. The topological polar surface area (TPSA) is 95.6 Å². The summed E-state index contributed by atoms with van der Waals surface area (Å²) in [4.78, 5) is 27.6. The zero-order valence-electron chi connectivity index (χ0n) is 16.2. The SMILES string of the molecule is CNC(=O)c1cnc2[nH]cc(-c3ncc(F)c(N[C@@H](C)c4ccc(F)cc4)n3)c2c1.[HH].[HH]. The lowest BCUT2D eigenvalue weighted by atomic mass is 10.1. The van der Waals surface area contributed by atoms with Gasteiger partial charge in [-0.15, -0.1) is 0 Å². The molecule has 3 aromatic heterocycles. The smallest absolute Gasteiger partial charge is 0.252 e. The van der Waals surface area contributed by atoms with Gasteiger partial charge < -0.3 is 15.6 Å². The van der Waals surface area contributed by atoms with E-state index < -0.39 is 5.82 Å². The van der Waals surface area contributed by atoms with Crippen LogP contribution in [0.3, 0.4) is 0 Å². The highest BCUT2D eigenvalue weighted by Gasteiger charge is 2.16. The van der Waals surface area contributed by atoms with E-state index in [0.717, 1.165) is 11.8 Å². The summed E-state index contributed by atoms with van der Waals surface area (Å²) in [6, 6.07) is 7.30. The summed E-state index contributed by atoms with van der Waals surface area (Å²) in [7, 11) is 1.54. The first-order chi connectivity index (χ1) is 14.5. The van der Waals surface area contributed by atoms with Crippen LogP contribution in [0.1, 0.15) is 31.7 Å². The summed E-state index contributed by atoms with van der Waals surface area (Å²) in [6.07, 6.45) is 4.20. The Kier molecular flexibility index (Phi) is 5.09. The van der Waals surface area contributed by atoms with E-state index in [-0.39, 0.29) is 32.3 Å². The highest BCUT2D eigenvalue weighted by molar-refractivity contribution is 6.00. The molecule has 3 N–H and O–H groups in total. The van der Waals surface area contributed by atoms with E-state index in [1.165, 1.54) is 25.4 Å². The van der Waals surface area contributed by atoms with Crippen molar-refractivity contribution in [2.45, 2.75) is 13.0 Å². The minimum Gasteiger partial charge on any atom is -0.361 e.